The molecule has 0 atom stereocenters. The lowest BCUT2D eigenvalue weighted by atomic mass is 10.0. The van der Waals surface area contributed by atoms with Crippen molar-refractivity contribution in [1.29, 1.82) is 0 Å². The van der Waals surface area contributed by atoms with Gasteiger partial charge in [0.15, 0.2) is 0 Å². The van der Waals surface area contributed by atoms with E-state index in [9.17, 15) is 9.59 Å². The molecule has 5 heteroatoms. The molecule has 0 amide bonds. The molecule has 5 nitrogen and oxygen atoms in total. The van der Waals surface area contributed by atoms with Crippen molar-refractivity contribution in [2.75, 3.05) is 14.2 Å². The van der Waals surface area contributed by atoms with Gasteiger partial charge < -0.3 is 9.47 Å². The summed E-state index contributed by atoms with van der Waals surface area (Å²) in [5.41, 5.74) is 0.707. The Hall–Kier alpha value is -1.88. The molecule has 0 bridgehead atoms. The summed E-state index contributed by atoms with van der Waals surface area (Å²) in [5.74, 6) is -0.687. The Bertz CT molecular complexity index is 451. The highest BCUT2D eigenvalue weighted by atomic mass is 16.5. The van der Waals surface area contributed by atoms with E-state index < -0.39 is 5.54 Å². The Morgan fingerprint density at radius 3 is 2.16 bits per heavy atom. The number of esters is 2. The molecule has 0 unspecified atom stereocenters. The standard InChI is InChI=1S/C14H19NO4/c1-14(2,13(17)19-4)15-9-10-5-7-11(8-6-10)12(16)18-3/h5-8,15H,9H2,1-4H3. The van der Waals surface area contributed by atoms with E-state index in [2.05, 4.69) is 10.1 Å². The Morgan fingerprint density at radius 2 is 1.68 bits per heavy atom. The highest BCUT2D eigenvalue weighted by molar-refractivity contribution is 5.89. The third-order valence-electron chi connectivity index (χ3n) is 2.81. The van der Waals surface area contributed by atoms with Gasteiger partial charge in [-0.25, -0.2) is 4.79 Å². The zero-order valence-electron chi connectivity index (χ0n) is 11.6. The van der Waals surface area contributed by atoms with Gasteiger partial charge in [-0.2, -0.15) is 0 Å². The van der Waals surface area contributed by atoms with Crippen molar-refractivity contribution in [3.05, 3.63) is 35.4 Å². The second-order valence-corrected chi connectivity index (χ2v) is 4.66. The number of hydrogen-bond donors (Lipinski definition) is 1. The van der Waals surface area contributed by atoms with Crippen LogP contribution in [-0.4, -0.2) is 31.7 Å². The lowest BCUT2D eigenvalue weighted by Crippen LogP contribution is -2.46. The first-order valence-electron chi connectivity index (χ1n) is 5.91. The lowest BCUT2D eigenvalue weighted by Gasteiger charge is -2.23. The quantitative estimate of drug-likeness (QED) is 0.818. The monoisotopic (exact) mass is 265 g/mol. The minimum atomic E-state index is -0.754. The number of rotatable bonds is 5. The summed E-state index contributed by atoms with van der Waals surface area (Å²) in [5, 5.41) is 3.10. The third kappa shape index (κ3) is 4.06. The van der Waals surface area contributed by atoms with E-state index in [1.807, 2.05) is 12.1 Å². The number of carbonyl (C=O) groups is 2. The Labute approximate surface area is 112 Å². The van der Waals surface area contributed by atoms with Crippen LogP contribution < -0.4 is 5.32 Å². The van der Waals surface area contributed by atoms with Crippen molar-refractivity contribution in [2.45, 2.75) is 25.9 Å². The Balaban J connectivity index is 2.64. The number of ether oxygens (including phenoxy) is 2. The second kappa shape index (κ2) is 6.33. The lowest BCUT2D eigenvalue weighted by molar-refractivity contribution is -0.147. The molecule has 1 rings (SSSR count). The van der Waals surface area contributed by atoms with Crippen LogP contribution in [-0.2, 0) is 20.8 Å². The molecule has 0 radical (unpaired) electrons. The van der Waals surface area contributed by atoms with Crippen molar-refractivity contribution < 1.29 is 19.1 Å². The van der Waals surface area contributed by atoms with E-state index >= 15 is 0 Å². The number of carbonyl (C=O) groups excluding carboxylic acids is 2. The Kier molecular flexibility index (Phi) is 5.06. The van der Waals surface area contributed by atoms with Gasteiger partial charge in [-0.1, -0.05) is 12.1 Å². The maximum absolute atomic E-state index is 11.5. The molecule has 0 aliphatic rings. The molecule has 1 aromatic carbocycles. The van der Waals surface area contributed by atoms with Crippen LogP contribution in [0.25, 0.3) is 0 Å². The van der Waals surface area contributed by atoms with Gasteiger partial charge in [0.2, 0.25) is 0 Å². The minimum absolute atomic E-state index is 0.321. The van der Waals surface area contributed by atoms with Crippen molar-refractivity contribution in [3.8, 4) is 0 Å². The maximum atomic E-state index is 11.5. The fraction of sp³-hybridized carbons (Fsp3) is 0.429. The van der Waals surface area contributed by atoms with E-state index in [0.717, 1.165) is 5.56 Å². The second-order valence-electron chi connectivity index (χ2n) is 4.66. The summed E-state index contributed by atoms with van der Waals surface area (Å²) < 4.78 is 9.33. The predicted octanol–water partition coefficient (Wildman–Crippen LogP) is 1.51. The number of benzene rings is 1. The molecular weight excluding hydrogens is 246 g/mol. The molecule has 0 fully saturated rings. The van der Waals surface area contributed by atoms with E-state index in [1.54, 1.807) is 26.0 Å². The van der Waals surface area contributed by atoms with Crippen molar-refractivity contribution >= 4 is 11.9 Å². The van der Waals surface area contributed by atoms with E-state index in [4.69, 9.17) is 4.74 Å². The highest BCUT2D eigenvalue weighted by Crippen LogP contribution is 2.09. The molecule has 104 valence electrons. The first-order valence-corrected chi connectivity index (χ1v) is 5.91. The van der Waals surface area contributed by atoms with Gasteiger partial charge in [0.1, 0.15) is 5.54 Å². The van der Waals surface area contributed by atoms with Crippen LogP contribution in [0.3, 0.4) is 0 Å². The maximum Gasteiger partial charge on any atom is 0.337 e. The topological polar surface area (TPSA) is 64.6 Å². The molecule has 19 heavy (non-hydrogen) atoms. The molecule has 0 aliphatic carbocycles. The summed E-state index contributed by atoms with van der Waals surface area (Å²) in [4.78, 5) is 22.8. The number of nitrogens with one attached hydrogen (secondary N) is 1. The molecule has 1 N–H and O–H groups in total. The van der Waals surface area contributed by atoms with E-state index in [-0.39, 0.29) is 11.9 Å². The van der Waals surface area contributed by atoms with Gasteiger partial charge >= 0.3 is 11.9 Å². The highest BCUT2D eigenvalue weighted by Gasteiger charge is 2.27. The van der Waals surface area contributed by atoms with Gasteiger partial charge in [-0.3, -0.25) is 10.1 Å². The zero-order chi connectivity index (χ0) is 14.5. The van der Waals surface area contributed by atoms with Crippen molar-refractivity contribution in [3.63, 3.8) is 0 Å². The van der Waals surface area contributed by atoms with Gasteiger partial charge in [-0.15, -0.1) is 0 Å². The first-order chi connectivity index (χ1) is 8.90. The molecule has 1 aromatic rings. The van der Waals surface area contributed by atoms with Gasteiger partial charge in [0.05, 0.1) is 19.8 Å². The molecule has 0 saturated carbocycles. The van der Waals surface area contributed by atoms with E-state index in [0.29, 0.717) is 12.1 Å². The SMILES string of the molecule is COC(=O)c1ccc(CNC(C)(C)C(=O)OC)cc1. The van der Waals surface area contributed by atoms with Gasteiger partial charge in [0, 0.05) is 6.54 Å². The van der Waals surface area contributed by atoms with Crippen LogP contribution in [0.15, 0.2) is 24.3 Å². The first kappa shape index (κ1) is 15.2. The largest absolute Gasteiger partial charge is 0.468 e. The summed E-state index contributed by atoms with van der Waals surface area (Å²) in [6.07, 6.45) is 0. The molecule has 0 heterocycles. The van der Waals surface area contributed by atoms with Crippen LogP contribution in [0.2, 0.25) is 0 Å². The zero-order valence-corrected chi connectivity index (χ0v) is 11.6. The minimum Gasteiger partial charge on any atom is -0.468 e. The number of methoxy groups -OCH3 is 2. The summed E-state index contributed by atoms with van der Waals surface area (Å²) >= 11 is 0. The smallest absolute Gasteiger partial charge is 0.337 e. The summed E-state index contributed by atoms with van der Waals surface area (Å²) in [7, 11) is 2.70. The van der Waals surface area contributed by atoms with Gasteiger partial charge in [0.25, 0.3) is 0 Å². The fourth-order valence-electron chi connectivity index (χ4n) is 1.53. The molecule has 0 saturated heterocycles. The average Bonchev–Trinajstić information content (AvgIpc) is 2.43. The van der Waals surface area contributed by atoms with Gasteiger partial charge in [-0.05, 0) is 31.5 Å². The van der Waals surface area contributed by atoms with Crippen molar-refractivity contribution in [2.24, 2.45) is 0 Å². The normalized spacial score (nSPS) is 10.9. The molecule has 0 aromatic heterocycles. The van der Waals surface area contributed by atoms with E-state index in [1.165, 1.54) is 14.2 Å². The fourth-order valence-corrected chi connectivity index (χ4v) is 1.53. The molecule has 0 aliphatic heterocycles. The third-order valence-corrected chi connectivity index (χ3v) is 2.81. The summed E-state index contributed by atoms with van der Waals surface area (Å²) in [6, 6.07) is 7.00. The average molecular weight is 265 g/mol. The molecule has 0 spiro atoms. The van der Waals surface area contributed by atoms with Crippen LogP contribution in [0, 0.1) is 0 Å². The van der Waals surface area contributed by atoms with Crippen LogP contribution in [0.1, 0.15) is 29.8 Å². The molecular formula is C14H19NO4. The summed E-state index contributed by atoms with van der Waals surface area (Å²) in [6.45, 7) is 4.01. The van der Waals surface area contributed by atoms with Crippen molar-refractivity contribution in [1.82, 2.24) is 5.32 Å². The Morgan fingerprint density at radius 1 is 1.11 bits per heavy atom. The van der Waals surface area contributed by atoms with Crippen LogP contribution in [0.5, 0.6) is 0 Å². The predicted molar refractivity (Wildman–Crippen MR) is 70.7 cm³/mol. The van der Waals surface area contributed by atoms with Crippen LogP contribution >= 0.6 is 0 Å². The number of hydrogen-bond acceptors (Lipinski definition) is 5. The van der Waals surface area contributed by atoms with Crippen LogP contribution in [0.4, 0.5) is 0 Å².